The average molecular weight is 592 g/mol. The summed E-state index contributed by atoms with van der Waals surface area (Å²) in [6, 6.07) is 8.44. The van der Waals surface area contributed by atoms with Crippen molar-refractivity contribution in [1.29, 1.82) is 0 Å². The summed E-state index contributed by atoms with van der Waals surface area (Å²) in [6.45, 7) is 2.45. The zero-order valence-electron chi connectivity index (χ0n) is 21.9. The Balaban J connectivity index is 1.42. The minimum absolute atomic E-state index is 0.145. The Labute approximate surface area is 244 Å². The van der Waals surface area contributed by atoms with Gasteiger partial charge >= 0.3 is 5.97 Å². The molecule has 2 fully saturated rings. The van der Waals surface area contributed by atoms with Crippen molar-refractivity contribution >= 4 is 46.4 Å². The number of aromatic carboxylic acids is 1. The Morgan fingerprint density at radius 2 is 2.05 bits per heavy atom. The number of fused-ring (bicyclic) bond motifs is 7. The van der Waals surface area contributed by atoms with Crippen molar-refractivity contribution in [2.45, 2.75) is 49.6 Å². The number of pyridine rings is 2. The largest absolute Gasteiger partial charge is 0.478 e. The maximum atomic E-state index is 16.0. The lowest BCUT2D eigenvalue weighted by molar-refractivity contribution is -0.128. The second kappa shape index (κ2) is 8.50. The zero-order chi connectivity index (χ0) is 28.4. The van der Waals surface area contributed by atoms with Crippen LogP contribution < -0.4 is 5.32 Å². The Kier molecular flexibility index (Phi) is 5.22. The molecule has 1 unspecified atom stereocenters. The predicted molar refractivity (Wildman–Crippen MR) is 150 cm³/mol. The van der Waals surface area contributed by atoms with Gasteiger partial charge in [-0.1, -0.05) is 29.3 Å². The average Bonchev–Trinajstić information content (AvgIpc) is 3.39. The maximum Gasteiger partial charge on any atom is 0.336 e. The number of nitrogens with zero attached hydrogens (tertiary/aromatic N) is 4. The van der Waals surface area contributed by atoms with Crippen molar-refractivity contribution in [1.82, 2.24) is 19.3 Å². The van der Waals surface area contributed by atoms with E-state index in [2.05, 4.69) is 15.2 Å². The van der Waals surface area contributed by atoms with Gasteiger partial charge in [-0.05, 0) is 61.1 Å². The Morgan fingerprint density at radius 1 is 1.24 bits per heavy atom. The fourth-order valence-corrected chi connectivity index (χ4v) is 8.02. The molecule has 11 heteroatoms. The first-order chi connectivity index (χ1) is 19.7. The first-order valence-corrected chi connectivity index (χ1v) is 14.4. The van der Waals surface area contributed by atoms with Gasteiger partial charge in [0.25, 0.3) is 0 Å². The molecule has 2 aliphatic carbocycles. The highest BCUT2D eigenvalue weighted by Gasteiger charge is 2.69. The van der Waals surface area contributed by atoms with Gasteiger partial charge in [-0.25, -0.2) is 19.2 Å². The van der Waals surface area contributed by atoms with E-state index in [4.69, 9.17) is 28.2 Å². The van der Waals surface area contributed by atoms with E-state index < -0.39 is 23.2 Å². The predicted octanol–water partition coefficient (Wildman–Crippen LogP) is 5.55. The smallest absolute Gasteiger partial charge is 0.336 e. The van der Waals surface area contributed by atoms with Crippen LogP contribution in [0.2, 0.25) is 10.2 Å². The molecule has 3 aromatic heterocycles. The molecule has 8 rings (SSSR count). The summed E-state index contributed by atoms with van der Waals surface area (Å²) in [6.07, 6.45) is 6.02. The van der Waals surface area contributed by atoms with Crippen LogP contribution in [0.4, 0.5) is 10.1 Å². The molecule has 1 saturated heterocycles. The van der Waals surface area contributed by atoms with Crippen LogP contribution in [0.1, 0.15) is 63.1 Å². The summed E-state index contributed by atoms with van der Waals surface area (Å²) in [5.41, 5.74) is 3.48. The highest BCUT2D eigenvalue weighted by molar-refractivity contribution is 6.31. The summed E-state index contributed by atoms with van der Waals surface area (Å²) in [7, 11) is 0. The number of amides is 1. The number of carboxylic acids is 1. The zero-order valence-corrected chi connectivity index (χ0v) is 23.4. The molecule has 4 atom stereocenters. The number of anilines is 1. The van der Waals surface area contributed by atoms with Gasteiger partial charge in [0.15, 0.2) is 11.0 Å². The number of benzene rings is 1. The van der Waals surface area contributed by atoms with Crippen LogP contribution in [0.3, 0.4) is 0 Å². The standard InChI is InChI=1S/C30H24Cl2FN5O3/c1-13-11-37-21-10-20-23(26(21)36-22(37)9-17(13)28(39)40)24(16-6-7-34-27(32)25(16)33)30(38(20)12-14-2-3-14)18-5-4-15(31)8-19(18)35-29(30)41/h4-9,11,14,20,23-24H,2-3,10,12H2,1H3,(H,35,41)(H,39,40)/t20?,23-,24+,30-/m1/s1. The lowest BCUT2D eigenvalue weighted by Crippen LogP contribution is -2.53. The Hall–Kier alpha value is -3.53. The van der Waals surface area contributed by atoms with Gasteiger partial charge in [0.05, 0.1) is 11.3 Å². The van der Waals surface area contributed by atoms with Crippen LogP contribution in [0, 0.1) is 18.7 Å². The highest BCUT2D eigenvalue weighted by atomic mass is 35.5. The molecule has 1 aromatic carbocycles. The molecule has 1 spiro atoms. The quantitative estimate of drug-likeness (QED) is 0.302. The summed E-state index contributed by atoms with van der Waals surface area (Å²) in [5, 5.41) is 13.0. The van der Waals surface area contributed by atoms with Gasteiger partial charge < -0.3 is 14.8 Å². The number of rotatable bonds is 4. The minimum Gasteiger partial charge on any atom is -0.478 e. The number of aryl methyl sites for hydroxylation is 1. The van der Waals surface area contributed by atoms with Crippen molar-refractivity contribution in [3.63, 3.8) is 0 Å². The topological polar surface area (TPSA) is 99.8 Å². The first kappa shape index (κ1) is 25.2. The highest BCUT2D eigenvalue weighted by Crippen LogP contribution is 2.65. The molecule has 0 radical (unpaired) electrons. The van der Waals surface area contributed by atoms with Gasteiger partial charge in [0.1, 0.15) is 11.2 Å². The monoisotopic (exact) mass is 591 g/mol. The van der Waals surface area contributed by atoms with Crippen LogP contribution in [0.15, 0.2) is 42.7 Å². The van der Waals surface area contributed by atoms with E-state index in [9.17, 15) is 14.7 Å². The molecule has 5 heterocycles. The number of likely N-dealkylation sites (tertiary alicyclic amines) is 1. The molecule has 1 saturated carbocycles. The van der Waals surface area contributed by atoms with Crippen molar-refractivity contribution in [3.05, 3.63) is 92.4 Å². The normalized spacial score (nSPS) is 26.4. The van der Waals surface area contributed by atoms with Crippen LogP contribution in [-0.2, 0) is 16.8 Å². The number of carboxylic acid groups (broad SMARTS) is 1. The SMILES string of the molecule is Cc1cn2c3c(nc2cc1C(=O)O)[C@@H]1C(C3)N(CC2CC2)[C@@]2(C(=O)Nc3cc(Cl)ccc32)[C@H]1c1ccnc(Cl)c1F. The molecule has 208 valence electrons. The van der Waals surface area contributed by atoms with Crippen molar-refractivity contribution in [2.75, 3.05) is 11.9 Å². The second-order valence-electron chi connectivity index (χ2n) is 11.6. The number of nitrogens with one attached hydrogen (secondary N) is 1. The number of hydrogen-bond acceptors (Lipinski definition) is 5. The number of carbonyl (C=O) groups is 2. The second-order valence-corrected chi connectivity index (χ2v) is 12.4. The molecule has 2 aliphatic heterocycles. The number of aromatic nitrogens is 3. The lowest BCUT2D eigenvalue weighted by Gasteiger charge is -2.40. The van der Waals surface area contributed by atoms with Gasteiger partial charge in [-0.15, -0.1) is 0 Å². The van der Waals surface area contributed by atoms with E-state index in [-0.39, 0.29) is 28.6 Å². The van der Waals surface area contributed by atoms with Crippen molar-refractivity contribution in [3.8, 4) is 0 Å². The van der Waals surface area contributed by atoms with E-state index in [1.165, 1.54) is 6.20 Å². The number of carbonyl (C=O) groups excluding carboxylic acids is 1. The molecule has 2 N–H and O–H groups in total. The van der Waals surface area contributed by atoms with Crippen molar-refractivity contribution in [2.24, 2.45) is 5.92 Å². The summed E-state index contributed by atoms with van der Waals surface area (Å²) >= 11 is 12.6. The minimum atomic E-state index is -1.22. The van der Waals surface area contributed by atoms with E-state index in [0.717, 1.165) is 29.8 Å². The van der Waals surface area contributed by atoms with Crippen LogP contribution in [0.5, 0.6) is 0 Å². The number of imidazole rings is 1. The van der Waals surface area contributed by atoms with Crippen LogP contribution in [0.25, 0.3) is 5.65 Å². The fourth-order valence-electron chi connectivity index (χ4n) is 7.68. The van der Waals surface area contributed by atoms with Gasteiger partial charge in [0.2, 0.25) is 5.91 Å². The number of halogens is 3. The summed E-state index contributed by atoms with van der Waals surface area (Å²) in [5.74, 6) is -2.50. The molecule has 41 heavy (non-hydrogen) atoms. The summed E-state index contributed by atoms with van der Waals surface area (Å²) < 4.78 is 18.0. The van der Waals surface area contributed by atoms with Gasteiger partial charge in [-0.3, -0.25) is 9.69 Å². The molecule has 4 aromatic rings. The van der Waals surface area contributed by atoms with E-state index in [1.807, 2.05) is 16.7 Å². The first-order valence-electron chi connectivity index (χ1n) is 13.6. The summed E-state index contributed by atoms with van der Waals surface area (Å²) in [4.78, 5) is 37.5. The molecule has 4 aliphatic rings. The van der Waals surface area contributed by atoms with Crippen LogP contribution in [-0.4, -0.2) is 48.8 Å². The maximum absolute atomic E-state index is 16.0. The van der Waals surface area contributed by atoms with Crippen molar-refractivity contribution < 1.29 is 19.1 Å². The Morgan fingerprint density at radius 3 is 2.80 bits per heavy atom. The van der Waals surface area contributed by atoms with E-state index in [0.29, 0.717) is 46.4 Å². The fraction of sp³-hybridized carbons (Fsp3) is 0.333. The molecular formula is C30H24Cl2FN5O3. The molecule has 8 nitrogen and oxygen atoms in total. The van der Waals surface area contributed by atoms with Gasteiger partial charge in [-0.2, -0.15) is 0 Å². The third-order valence-electron chi connectivity index (χ3n) is 9.47. The number of hydrogen-bond donors (Lipinski definition) is 2. The van der Waals surface area contributed by atoms with E-state index >= 15 is 4.39 Å². The van der Waals surface area contributed by atoms with Gasteiger partial charge in [0, 0.05) is 65.2 Å². The van der Waals surface area contributed by atoms with Crippen LogP contribution >= 0.6 is 23.2 Å². The van der Waals surface area contributed by atoms with E-state index in [1.54, 1.807) is 31.2 Å². The lowest BCUT2D eigenvalue weighted by atomic mass is 9.71. The third-order valence-corrected chi connectivity index (χ3v) is 9.96. The molecular weight excluding hydrogens is 568 g/mol. The third kappa shape index (κ3) is 3.31. The molecule has 0 bridgehead atoms. The molecule has 1 amide bonds. The Bertz CT molecular complexity index is 1840.